The van der Waals surface area contributed by atoms with Crippen LogP contribution in [0.1, 0.15) is 13.8 Å². The summed E-state index contributed by atoms with van der Waals surface area (Å²) in [4.78, 5) is 1.27. The van der Waals surface area contributed by atoms with E-state index < -0.39 is 0 Å². The van der Waals surface area contributed by atoms with E-state index in [9.17, 15) is 0 Å². The number of hydrogen-bond acceptors (Lipinski definition) is 1. The molecule has 0 fully saturated rings. The van der Waals surface area contributed by atoms with Crippen LogP contribution in [0.5, 0.6) is 0 Å². The molecule has 0 aliphatic heterocycles. The third-order valence-corrected chi connectivity index (χ3v) is 1.91. The van der Waals surface area contributed by atoms with E-state index in [0.29, 0.717) is 0 Å². The van der Waals surface area contributed by atoms with Gasteiger partial charge in [-0.3, -0.25) is 0 Å². The summed E-state index contributed by atoms with van der Waals surface area (Å²) in [5.74, 6) is 0. The Morgan fingerprint density at radius 1 is 1.44 bits per heavy atom. The quantitative estimate of drug-likeness (QED) is 0.477. The normalized spacial score (nSPS) is 7.33. The van der Waals surface area contributed by atoms with E-state index in [-0.39, 0.29) is 0 Å². The second-order valence-electron chi connectivity index (χ2n) is 1.48. The second-order valence-corrected chi connectivity index (χ2v) is 3.19. The fourth-order valence-corrected chi connectivity index (χ4v) is 0.204. The molecule has 0 N–H and O–H groups in total. The number of hydrogen-bond donors (Lipinski definition) is 0. The minimum atomic E-state index is 0.844. The fourth-order valence-electron chi connectivity index (χ4n) is 0.204. The molecule has 0 bridgehead atoms. The van der Waals surface area contributed by atoms with E-state index in [1.54, 1.807) is 0 Å². The SMILES string of the molecule is C=C[CH2][GaH2].CCOCC. The summed E-state index contributed by atoms with van der Waals surface area (Å²) in [5.41, 5.74) is 0. The zero-order valence-electron chi connectivity index (χ0n) is 6.81. The number of rotatable bonds is 3. The molecule has 0 aliphatic carbocycles. The van der Waals surface area contributed by atoms with Gasteiger partial charge in [-0.25, -0.2) is 0 Å². The minimum Gasteiger partial charge on any atom is -0.382 e. The van der Waals surface area contributed by atoms with Gasteiger partial charge in [0.15, 0.2) is 0 Å². The molecule has 54 valence electrons. The molecule has 0 atom stereocenters. The molecule has 0 aromatic carbocycles. The summed E-state index contributed by atoms with van der Waals surface area (Å²) < 4.78 is 4.83. The van der Waals surface area contributed by atoms with Gasteiger partial charge in [0.05, 0.1) is 0 Å². The third-order valence-electron chi connectivity index (χ3n) is 0.697. The van der Waals surface area contributed by atoms with Crippen LogP contribution in [-0.4, -0.2) is 31.8 Å². The van der Waals surface area contributed by atoms with Crippen molar-refractivity contribution < 1.29 is 4.74 Å². The molecular weight excluding hydrogens is 170 g/mol. The largest absolute Gasteiger partial charge is 0.382 e. The van der Waals surface area contributed by atoms with E-state index in [0.717, 1.165) is 31.8 Å². The average molecular weight is 187 g/mol. The standard InChI is InChI=1S/C4H10O.C3H5.Ga.2H/c1-3-5-4-2;1-3-2;;;/h3-4H2,1-2H3;3H,1-2H2;;;. The summed E-state index contributed by atoms with van der Waals surface area (Å²) in [6, 6.07) is 0. The Balaban J connectivity index is 0. The Kier molecular flexibility index (Phi) is 21.1. The van der Waals surface area contributed by atoms with E-state index in [1.165, 1.54) is 4.98 Å². The molecule has 0 radical (unpaired) electrons. The van der Waals surface area contributed by atoms with Crippen molar-refractivity contribution in [3.05, 3.63) is 12.7 Å². The first-order valence-corrected chi connectivity index (χ1v) is 6.48. The van der Waals surface area contributed by atoms with Crippen molar-refractivity contribution >= 4 is 18.6 Å². The van der Waals surface area contributed by atoms with Gasteiger partial charge in [-0.05, 0) is 13.8 Å². The maximum absolute atomic E-state index is 4.83. The zero-order chi connectivity index (χ0) is 7.54. The van der Waals surface area contributed by atoms with Gasteiger partial charge in [-0.2, -0.15) is 0 Å². The first-order valence-electron chi connectivity index (χ1n) is 3.52. The predicted molar refractivity (Wildman–Crippen MR) is 45.7 cm³/mol. The molecule has 0 spiro atoms. The molecule has 0 saturated carbocycles. The van der Waals surface area contributed by atoms with Crippen molar-refractivity contribution in [1.29, 1.82) is 0 Å². The van der Waals surface area contributed by atoms with Crippen LogP contribution in [0.25, 0.3) is 0 Å². The van der Waals surface area contributed by atoms with Crippen LogP contribution in [0.15, 0.2) is 12.7 Å². The number of allylic oxidation sites excluding steroid dienone is 1. The molecule has 0 aromatic heterocycles. The van der Waals surface area contributed by atoms with Crippen LogP contribution in [0.3, 0.4) is 0 Å². The first kappa shape index (κ1) is 12.1. The van der Waals surface area contributed by atoms with Crippen molar-refractivity contribution in [2.75, 3.05) is 13.2 Å². The van der Waals surface area contributed by atoms with Gasteiger partial charge in [0.1, 0.15) is 0 Å². The smallest absolute Gasteiger partial charge is 0.0437 e. The Labute approximate surface area is 68.4 Å². The van der Waals surface area contributed by atoms with Gasteiger partial charge in [0, 0.05) is 13.2 Å². The molecule has 9 heavy (non-hydrogen) atoms. The summed E-state index contributed by atoms with van der Waals surface area (Å²) in [6.45, 7) is 9.19. The molecule has 0 aromatic rings. The van der Waals surface area contributed by atoms with Crippen LogP contribution < -0.4 is 0 Å². The fraction of sp³-hybridized carbons (Fsp3) is 0.714. The van der Waals surface area contributed by atoms with Crippen molar-refractivity contribution in [1.82, 2.24) is 0 Å². The molecular formula is C7H17GaO. The molecule has 1 nitrogen and oxygen atoms in total. The molecule has 0 aliphatic rings. The first-order chi connectivity index (χ1) is 4.33. The molecule has 0 saturated heterocycles. The van der Waals surface area contributed by atoms with Gasteiger partial charge in [-0.1, -0.05) is 0 Å². The van der Waals surface area contributed by atoms with E-state index >= 15 is 0 Å². The summed E-state index contributed by atoms with van der Waals surface area (Å²) in [6.07, 6.45) is 1.96. The van der Waals surface area contributed by atoms with Gasteiger partial charge < -0.3 is 4.74 Å². The molecule has 0 heterocycles. The Bertz CT molecular complexity index is 44.2. The number of ether oxygens (including phenoxy) is 1. The molecule has 0 amide bonds. The van der Waals surface area contributed by atoms with Crippen molar-refractivity contribution in [3.8, 4) is 0 Å². The molecule has 2 heteroatoms. The van der Waals surface area contributed by atoms with E-state index in [2.05, 4.69) is 6.58 Å². The van der Waals surface area contributed by atoms with Gasteiger partial charge in [0.25, 0.3) is 0 Å². The average Bonchev–Trinajstić information content (AvgIpc) is 1.91. The monoisotopic (exact) mass is 186 g/mol. The van der Waals surface area contributed by atoms with Gasteiger partial charge >= 0.3 is 36.2 Å². The van der Waals surface area contributed by atoms with E-state index in [4.69, 9.17) is 4.74 Å². The van der Waals surface area contributed by atoms with E-state index in [1.807, 2.05) is 19.9 Å². The summed E-state index contributed by atoms with van der Waals surface area (Å²) in [7, 11) is 0. The topological polar surface area (TPSA) is 9.23 Å². The van der Waals surface area contributed by atoms with Crippen LogP contribution in [-0.2, 0) is 4.74 Å². The Morgan fingerprint density at radius 2 is 1.78 bits per heavy atom. The van der Waals surface area contributed by atoms with Gasteiger partial charge in [-0.15, -0.1) is 0 Å². The zero-order valence-corrected chi connectivity index (χ0v) is 11.0. The Hall–Kier alpha value is 0.336. The maximum Gasteiger partial charge on any atom is 0.0437 e. The third kappa shape index (κ3) is 30.1. The maximum atomic E-state index is 4.83. The van der Waals surface area contributed by atoms with Crippen molar-refractivity contribution in [2.24, 2.45) is 0 Å². The van der Waals surface area contributed by atoms with Crippen LogP contribution >= 0.6 is 0 Å². The molecule has 0 rings (SSSR count). The second kappa shape index (κ2) is 15.8. The Morgan fingerprint density at radius 3 is 1.78 bits per heavy atom. The minimum absolute atomic E-state index is 0.844. The van der Waals surface area contributed by atoms with Crippen LogP contribution in [0.2, 0.25) is 4.98 Å². The molecule has 0 unspecified atom stereocenters. The summed E-state index contributed by atoms with van der Waals surface area (Å²) in [5, 5.41) is 0. The van der Waals surface area contributed by atoms with Crippen molar-refractivity contribution in [2.45, 2.75) is 18.8 Å². The van der Waals surface area contributed by atoms with Crippen LogP contribution in [0.4, 0.5) is 0 Å². The van der Waals surface area contributed by atoms with Crippen LogP contribution in [0, 0.1) is 0 Å². The van der Waals surface area contributed by atoms with Crippen molar-refractivity contribution in [3.63, 3.8) is 0 Å². The van der Waals surface area contributed by atoms with Gasteiger partial charge in [0.2, 0.25) is 0 Å². The predicted octanol–water partition coefficient (Wildman–Crippen LogP) is 1.27. The summed E-state index contributed by atoms with van der Waals surface area (Å²) >= 11 is 0.995.